The number of fused-ring (bicyclic) bond motifs is 1. The third-order valence-electron chi connectivity index (χ3n) is 4.04. The molecule has 2 atom stereocenters. The molecule has 1 aliphatic heterocycles. The second kappa shape index (κ2) is 7.78. The normalized spacial score (nSPS) is 16.3. The lowest BCUT2D eigenvalue weighted by Crippen LogP contribution is -2.41. The lowest BCUT2D eigenvalue weighted by molar-refractivity contribution is -0.117. The predicted molar refractivity (Wildman–Crippen MR) is 101 cm³/mol. The van der Waals surface area contributed by atoms with Crippen LogP contribution < -0.4 is 20.1 Å². The van der Waals surface area contributed by atoms with E-state index in [1.807, 2.05) is 25.3 Å². The van der Waals surface area contributed by atoms with Gasteiger partial charge >= 0.3 is 0 Å². The van der Waals surface area contributed by atoms with Gasteiger partial charge in [-0.1, -0.05) is 6.07 Å². The molecule has 2 aromatic rings. The van der Waals surface area contributed by atoms with Crippen molar-refractivity contribution >= 4 is 28.8 Å². The van der Waals surface area contributed by atoms with E-state index in [0.29, 0.717) is 22.9 Å². The molecule has 0 saturated heterocycles. The number of anilines is 1. The molecule has 1 aromatic carbocycles. The van der Waals surface area contributed by atoms with Gasteiger partial charge in [-0.05, 0) is 38.3 Å². The first-order valence-corrected chi connectivity index (χ1v) is 9.47. The van der Waals surface area contributed by atoms with Gasteiger partial charge in [-0.15, -0.1) is 11.3 Å². The Morgan fingerprint density at radius 2 is 2.23 bits per heavy atom. The van der Waals surface area contributed by atoms with E-state index >= 15 is 0 Å². The van der Waals surface area contributed by atoms with Gasteiger partial charge in [-0.2, -0.15) is 0 Å². The van der Waals surface area contributed by atoms with Gasteiger partial charge in [0.25, 0.3) is 5.91 Å². The van der Waals surface area contributed by atoms with E-state index < -0.39 is 6.04 Å². The maximum atomic E-state index is 12.5. The SMILES string of the molecule is CCOc1cc2c(cc1NC(=O)C(C)NC(=O)c1cccs1)OC(C)C2. The van der Waals surface area contributed by atoms with Crippen LogP contribution in [0.4, 0.5) is 5.69 Å². The fraction of sp³-hybridized carbons (Fsp3) is 0.368. The Bertz CT molecular complexity index is 804. The minimum Gasteiger partial charge on any atom is -0.492 e. The molecule has 7 heteroatoms. The van der Waals surface area contributed by atoms with Crippen LogP contribution >= 0.6 is 11.3 Å². The van der Waals surface area contributed by atoms with Gasteiger partial charge in [-0.3, -0.25) is 9.59 Å². The van der Waals surface area contributed by atoms with Gasteiger partial charge in [0.05, 0.1) is 17.2 Å². The number of carbonyl (C=O) groups excluding carboxylic acids is 2. The molecular formula is C19H22N2O4S. The third-order valence-corrected chi connectivity index (χ3v) is 4.91. The molecule has 26 heavy (non-hydrogen) atoms. The molecule has 0 fully saturated rings. The van der Waals surface area contributed by atoms with E-state index in [-0.39, 0.29) is 17.9 Å². The summed E-state index contributed by atoms with van der Waals surface area (Å²) in [6, 6.07) is 6.52. The molecule has 6 nitrogen and oxygen atoms in total. The van der Waals surface area contributed by atoms with Crippen LogP contribution in [0.5, 0.6) is 11.5 Å². The number of amides is 2. The standard InChI is InChI=1S/C19H22N2O4S/c1-4-24-16-9-13-8-11(2)25-15(13)10-14(16)21-18(22)12(3)20-19(23)17-6-5-7-26-17/h5-7,9-12H,4,8H2,1-3H3,(H,20,23)(H,21,22). The van der Waals surface area contributed by atoms with Gasteiger partial charge < -0.3 is 20.1 Å². The molecule has 0 saturated carbocycles. The second-order valence-corrected chi connectivity index (χ2v) is 7.13. The van der Waals surface area contributed by atoms with Gasteiger partial charge in [0.1, 0.15) is 23.6 Å². The number of rotatable bonds is 6. The topological polar surface area (TPSA) is 76.7 Å². The molecule has 3 rings (SSSR count). The minimum atomic E-state index is -0.688. The van der Waals surface area contributed by atoms with Crippen molar-refractivity contribution in [3.63, 3.8) is 0 Å². The summed E-state index contributed by atoms with van der Waals surface area (Å²) in [4.78, 5) is 25.2. The summed E-state index contributed by atoms with van der Waals surface area (Å²) in [5.74, 6) is 0.779. The Balaban J connectivity index is 1.72. The van der Waals surface area contributed by atoms with Crippen LogP contribution in [0, 0.1) is 0 Å². The van der Waals surface area contributed by atoms with Crippen LogP contribution in [0.1, 0.15) is 36.0 Å². The number of carbonyl (C=O) groups is 2. The maximum absolute atomic E-state index is 12.5. The summed E-state index contributed by atoms with van der Waals surface area (Å²) >= 11 is 1.33. The molecule has 138 valence electrons. The molecule has 2 amide bonds. The van der Waals surface area contributed by atoms with E-state index in [0.717, 1.165) is 17.7 Å². The van der Waals surface area contributed by atoms with Crippen molar-refractivity contribution in [2.45, 2.75) is 39.3 Å². The van der Waals surface area contributed by atoms with Crippen molar-refractivity contribution in [1.29, 1.82) is 0 Å². The van der Waals surface area contributed by atoms with Gasteiger partial charge in [0.2, 0.25) is 5.91 Å². The summed E-state index contributed by atoms with van der Waals surface area (Å²) in [5.41, 5.74) is 1.61. The van der Waals surface area contributed by atoms with Crippen molar-refractivity contribution < 1.29 is 19.1 Å². The Hall–Kier alpha value is -2.54. The van der Waals surface area contributed by atoms with Gasteiger partial charge in [0, 0.05) is 18.1 Å². The lowest BCUT2D eigenvalue weighted by atomic mass is 10.1. The average molecular weight is 374 g/mol. The number of benzene rings is 1. The monoisotopic (exact) mass is 374 g/mol. The number of hydrogen-bond acceptors (Lipinski definition) is 5. The highest BCUT2D eigenvalue weighted by Crippen LogP contribution is 2.38. The summed E-state index contributed by atoms with van der Waals surface area (Å²) in [6.45, 7) is 6.03. The van der Waals surface area contributed by atoms with E-state index in [1.54, 1.807) is 25.1 Å². The minimum absolute atomic E-state index is 0.106. The molecule has 2 N–H and O–H groups in total. The predicted octanol–water partition coefficient (Wildman–Crippen LogP) is 3.23. The van der Waals surface area contributed by atoms with E-state index in [2.05, 4.69) is 10.6 Å². The molecule has 2 unspecified atom stereocenters. The summed E-state index contributed by atoms with van der Waals surface area (Å²) in [5, 5.41) is 7.35. The van der Waals surface area contributed by atoms with Crippen LogP contribution in [-0.4, -0.2) is 30.6 Å². The molecule has 0 spiro atoms. The molecular weight excluding hydrogens is 352 g/mol. The van der Waals surface area contributed by atoms with Gasteiger partial charge in [-0.25, -0.2) is 0 Å². The number of nitrogens with one attached hydrogen (secondary N) is 2. The highest BCUT2D eigenvalue weighted by molar-refractivity contribution is 7.12. The number of ether oxygens (including phenoxy) is 2. The second-order valence-electron chi connectivity index (χ2n) is 6.18. The average Bonchev–Trinajstić information content (AvgIpc) is 3.23. The molecule has 1 aromatic heterocycles. The summed E-state index contributed by atoms with van der Waals surface area (Å²) in [6.07, 6.45) is 0.922. The molecule has 1 aliphatic rings. The highest BCUT2D eigenvalue weighted by atomic mass is 32.1. The van der Waals surface area contributed by atoms with Crippen LogP contribution in [0.15, 0.2) is 29.6 Å². The summed E-state index contributed by atoms with van der Waals surface area (Å²) in [7, 11) is 0. The fourth-order valence-electron chi connectivity index (χ4n) is 2.79. The van der Waals surface area contributed by atoms with Crippen LogP contribution in [0.2, 0.25) is 0 Å². The zero-order valence-electron chi connectivity index (χ0n) is 15.0. The van der Waals surface area contributed by atoms with E-state index in [9.17, 15) is 9.59 Å². The van der Waals surface area contributed by atoms with E-state index in [1.165, 1.54) is 11.3 Å². The van der Waals surface area contributed by atoms with Gasteiger partial charge in [0.15, 0.2) is 0 Å². The van der Waals surface area contributed by atoms with Crippen molar-refractivity contribution in [2.24, 2.45) is 0 Å². The Kier molecular flexibility index (Phi) is 5.46. The Morgan fingerprint density at radius 1 is 1.42 bits per heavy atom. The number of thiophene rings is 1. The Morgan fingerprint density at radius 3 is 2.92 bits per heavy atom. The zero-order chi connectivity index (χ0) is 18.7. The van der Waals surface area contributed by atoms with Crippen molar-refractivity contribution in [3.8, 4) is 11.5 Å². The first-order valence-electron chi connectivity index (χ1n) is 8.59. The third kappa shape index (κ3) is 3.99. The smallest absolute Gasteiger partial charge is 0.261 e. The Labute approximate surface area is 156 Å². The lowest BCUT2D eigenvalue weighted by Gasteiger charge is -2.17. The fourth-order valence-corrected chi connectivity index (χ4v) is 3.42. The number of hydrogen-bond donors (Lipinski definition) is 2. The van der Waals surface area contributed by atoms with Crippen LogP contribution in [0.25, 0.3) is 0 Å². The first-order chi connectivity index (χ1) is 12.5. The zero-order valence-corrected chi connectivity index (χ0v) is 15.8. The van der Waals surface area contributed by atoms with Crippen molar-refractivity contribution in [3.05, 3.63) is 40.1 Å². The quantitative estimate of drug-likeness (QED) is 0.814. The highest BCUT2D eigenvalue weighted by Gasteiger charge is 2.24. The molecule has 0 radical (unpaired) electrons. The first kappa shape index (κ1) is 18.3. The van der Waals surface area contributed by atoms with Crippen molar-refractivity contribution in [1.82, 2.24) is 5.32 Å². The van der Waals surface area contributed by atoms with Crippen LogP contribution in [-0.2, 0) is 11.2 Å². The molecule has 0 bridgehead atoms. The van der Waals surface area contributed by atoms with Crippen molar-refractivity contribution in [2.75, 3.05) is 11.9 Å². The largest absolute Gasteiger partial charge is 0.492 e. The molecule has 0 aliphatic carbocycles. The maximum Gasteiger partial charge on any atom is 0.261 e. The van der Waals surface area contributed by atoms with E-state index in [4.69, 9.17) is 9.47 Å². The molecule has 2 heterocycles. The summed E-state index contributed by atoms with van der Waals surface area (Å²) < 4.78 is 11.4. The van der Waals surface area contributed by atoms with Crippen LogP contribution in [0.3, 0.4) is 0 Å².